The number of aromatic nitrogens is 2. The lowest BCUT2D eigenvalue weighted by molar-refractivity contribution is 0.0953. The van der Waals surface area contributed by atoms with E-state index in [1.165, 1.54) is 0 Å². The number of amides is 1. The molecule has 0 aliphatic heterocycles. The van der Waals surface area contributed by atoms with E-state index in [0.29, 0.717) is 41.0 Å². The second-order valence-electron chi connectivity index (χ2n) is 6.81. The Labute approximate surface area is 184 Å². The lowest BCUT2D eigenvalue weighted by Crippen LogP contribution is -2.25. The lowest BCUT2D eigenvalue weighted by Gasteiger charge is -2.11. The molecule has 31 heavy (non-hydrogen) atoms. The SMILES string of the molecule is COc1ccc(C(=O)NCCc2nc(-c3ccc(Cl)cc3)no2)cc1-c1ccccc1. The lowest BCUT2D eigenvalue weighted by atomic mass is 10.0. The Hall–Kier alpha value is -3.64. The van der Waals surface area contributed by atoms with Crippen LogP contribution in [0.4, 0.5) is 0 Å². The summed E-state index contributed by atoms with van der Waals surface area (Å²) in [5.41, 5.74) is 3.21. The van der Waals surface area contributed by atoms with Crippen LogP contribution in [0.5, 0.6) is 5.75 Å². The Morgan fingerprint density at radius 1 is 1.03 bits per heavy atom. The molecule has 156 valence electrons. The van der Waals surface area contributed by atoms with E-state index < -0.39 is 0 Å². The molecule has 6 nitrogen and oxygen atoms in total. The van der Waals surface area contributed by atoms with E-state index in [1.807, 2.05) is 48.5 Å². The fraction of sp³-hybridized carbons (Fsp3) is 0.125. The first-order valence-corrected chi connectivity index (χ1v) is 10.1. The molecule has 0 atom stereocenters. The van der Waals surface area contributed by atoms with Crippen LogP contribution in [0, 0.1) is 0 Å². The van der Waals surface area contributed by atoms with Crippen LogP contribution >= 0.6 is 11.6 Å². The number of nitrogens with zero attached hydrogens (tertiary/aromatic N) is 2. The van der Waals surface area contributed by atoms with Crippen LogP contribution in [0.15, 0.2) is 77.3 Å². The average Bonchev–Trinajstić information content (AvgIpc) is 3.28. The summed E-state index contributed by atoms with van der Waals surface area (Å²) in [6.07, 6.45) is 0.425. The molecule has 0 aliphatic carbocycles. The van der Waals surface area contributed by atoms with Gasteiger partial charge in [-0.05, 0) is 48.0 Å². The summed E-state index contributed by atoms with van der Waals surface area (Å²) in [5.74, 6) is 1.46. The Bertz CT molecular complexity index is 1170. The van der Waals surface area contributed by atoms with Gasteiger partial charge in [0, 0.05) is 34.7 Å². The maximum atomic E-state index is 12.6. The number of rotatable bonds is 7. The summed E-state index contributed by atoms with van der Waals surface area (Å²) in [4.78, 5) is 17.0. The molecule has 0 aliphatic rings. The molecule has 0 spiro atoms. The summed E-state index contributed by atoms with van der Waals surface area (Å²) in [6, 6.07) is 22.4. The number of hydrogen-bond donors (Lipinski definition) is 1. The van der Waals surface area contributed by atoms with E-state index in [2.05, 4.69) is 15.5 Å². The molecular formula is C24H20ClN3O3. The van der Waals surface area contributed by atoms with Crippen molar-refractivity contribution in [2.45, 2.75) is 6.42 Å². The molecule has 1 aromatic heterocycles. The minimum absolute atomic E-state index is 0.183. The van der Waals surface area contributed by atoms with Crippen LogP contribution in [0.2, 0.25) is 5.02 Å². The first-order chi connectivity index (χ1) is 15.1. The predicted molar refractivity (Wildman–Crippen MR) is 119 cm³/mol. The summed E-state index contributed by atoms with van der Waals surface area (Å²) < 4.78 is 10.7. The molecule has 4 aromatic rings. The fourth-order valence-corrected chi connectivity index (χ4v) is 3.28. The standard InChI is InChI=1S/C24H20ClN3O3/c1-30-21-12-9-18(15-20(21)16-5-3-2-4-6-16)24(29)26-14-13-22-27-23(28-31-22)17-7-10-19(25)11-8-17/h2-12,15H,13-14H2,1H3,(H,26,29). The van der Waals surface area contributed by atoms with Crippen molar-refractivity contribution in [2.24, 2.45) is 0 Å². The van der Waals surface area contributed by atoms with Gasteiger partial charge in [-0.15, -0.1) is 0 Å². The zero-order valence-electron chi connectivity index (χ0n) is 16.8. The van der Waals surface area contributed by atoms with Crippen molar-refractivity contribution < 1.29 is 14.1 Å². The molecule has 0 unspecified atom stereocenters. The number of halogens is 1. The van der Waals surface area contributed by atoms with Crippen molar-refractivity contribution in [2.75, 3.05) is 13.7 Å². The van der Waals surface area contributed by atoms with Crippen molar-refractivity contribution in [1.82, 2.24) is 15.5 Å². The first-order valence-electron chi connectivity index (χ1n) is 9.74. The molecule has 0 saturated carbocycles. The van der Waals surface area contributed by atoms with Crippen LogP contribution in [-0.4, -0.2) is 29.7 Å². The van der Waals surface area contributed by atoms with Crippen molar-refractivity contribution in [3.63, 3.8) is 0 Å². The second-order valence-corrected chi connectivity index (χ2v) is 7.24. The Kier molecular flexibility index (Phi) is 6.29. The third kappa shape index (κ3) is 4.92. The second kappa shape index (κ2) is 9.45. The molecule has 7 heteroatoms. The van der Waals surface area contributed by atoms with Gasteiger partial charge in [0.15, 0.2) is 0 Å². The molecule has 0 bridgehead atoms. The van der Waals surface area contributed by atoms with Crippen LogP contribution in [-0.2, 0) is 6.42 Å². The molecule has 1 heterocycles. The number of carbonyl (C=O) groups excluding carboxylic acids is 1. The van der Waals surface area contributed by atoms with Gasteiger partial charge < -0.3 is 14.6 Å². The third-order valence-corrected chi connectivity index (χ3v) is 4.99. The number of nitrogens with one attached hydrogen (secondary N) is 1. The van der Waals surface area contributed by atoms with Gasteiger partial charge in [-0.3, -0.25) is 4.79 Å². The molecule has 3 aromatic carbocycles. The number of methoxy groups -OCH3 is 1. The summed E-state index contributed by atoms with van der Waals surface area (Å²) in [5, 5.41) is 7.52. The third-order valence-electron chi connectivity index (χ3n) is 4.74. The first kappa shape index (κ1) is 20.6. The highest BCUT2D eigenvalue weighted by molar-refractivity contribution is 6.30. The van der Waals surface area contributed by atoms with Crippen LogP contribution in [0.3, 0.4) is 0 Å². The fourth-order valence-electron chi connectivity index (χ4n) is 3.15. The maximum Gasteiger partial charge on any atom is 0.251 e. The Balaban J connectivity index is 1.40. The Morgan fingerprint density at radius 3 is 2.55 bits per heavy atom. The average molecular weight is 434 g/mol. The van der Waals surface area contributed by atoms with E-state index >= 15 is 0 Å². The summed E-state index contributed by atoms with van der Waals surface area (Å²) in [6.45, 7) is 0.369. The minimum Gasteiger partial charge on any atom is -0.496 e. The zero-order chi connectivity index (χ0) is 21.6. The van der Waals surface area contributed by atoms with Gasteiger partial charge in [0.2, 0.25) is 11.7 Å². The van der Waals surface area contributed by atoms with Gasteiger partial charge in [0.1, 0.15) is 5.75 Å². The molecule has 4 rings (SSSR count). The molecule has 1 amide bonds. The van der Waals surface area contributed by atoms with Crippen molar-refractivity contribution in [1.29, 1.82) is 0 Å². The molecule has 0 saturated heterocycles. The van der Waals surface area contributed by atoms with Gasteiger partial charge in [-0.1, -0.05) is 47.1 Å². The normalized spacial score (nSPS) is 10.6. The smallest absolute Gasteiger partial charge is 0.251 e. The molecular weight excluding hydrogens is 414 g/mol. The van der Waals surface area contributed by atoms with Crippen LogP contribution < -0.4 is 10.1 Å². The van der Waals surface area contributed by atoms with Gasteiger partial charge in [-0.25, -0.2) is 0 Å². The molecule has 0 radical (unpaired) electrons. The van der Waals surface area contributed by atoms with E-state index in [-0.39, 0.29) is 5.91 Å². The minimum atomic E-state index is -0.183. The van der Waals surface area contributed by atoms with Gasteiger partial charge in [0.25, 0.3) is 5.91 Å². The summed E-state index contributed by atoms with van der Waals surface area (Å²) in [7, 11) is 1.62. The monoisotopic (exact) mass is 433 g/mol. The number of hydrogen-bond acceptors (Lipinski definition) is 5. The highest BCUT2D eigenvalue weighted by Crippen LogP contribution is 2.30. The van der Waals surface area contributed by atoms with E-state index in [9.17, 15) is 4.79 Å². The highest BCUT2D eigenvalue weighted by Gasteiger charge is 2.13. The van der Waals surface area contributed by atoms with Crippen LogP contribution in [0.1, 0.15) is 16.2 Å². The van der Waals surface area contributed by atoms with Crippen molar-refractivity contribution >= 4 is 17.5 Å². The van der Waals surface area contributed by atoms with Crippen molar-refractivity contribution in [3.05, 3.63) is 89.3 Å². The van der Waals surface area contributed by atoms with E-state index in [0.717, 1.165) is 16.7 Å². The van der Waals surface area contributed by atoms with E-state index in [1.54, 1.807) is 31.4 Å². The van der Waals surface area contributed by atoms with Crippen molar-refractivity contribution in [3.8, 4) is 28.3 Å². The molecule has 0 fully saturated rings. The molecule has 1 N–H and O–H groups in total. The van der Waals surface area contributed by atoms with Gasteiger partial charge >= 0.3 is 0 Å². The van der Waals surface area contributed by atoms with Gasteiger partial charge in [0.05, 0.1) is 7.11 Å². The Morgan fingerprint density at radius 2 is 1.81 bits per heavy atom. The predicted octanol–water partition coefficient (Wildman–Crippen LogP) is 5.04. The number of ether oxygens (including phenoxy) is 1. The summed E-state index contributed by atoms with van der Waals surface area (Å²) >= 11 is 5.90. The largest absolute Gasteiger partial charge is 0.496 e. The topological polar surface area (TPSA) is 77.2 Å². The van der Waals surface area contributed by atoms with Crippen LogP contribution in [0.25, 0.3) is 22.5 Å². The highest BCUT2D eigenvalue weighted by atomic mass is 35.5. The zero-order valence-corrected chi connectivity index (χ0v) is 17.6. The van der Waals surface area contributed by atoms with Gasteiger partial charge in [-0.2, -0.15) is 4.98 Å². The maximum absolute atomic E-state index is 12.6. The number of carbonyl (C=O) groups is 1. The number of benzene rings is 3. The quantitative estimate of drug-likeness (QED) is 0.442. The van der Waals surface area contributed by atoms with E-state index in [4.69, 9.17) is 20.9 Å².